The number of nitrogens with one attached hydrogen (secondary N) is 1. The minimum absolute atomic E-state index is 0.00632. The van der Waals surface area contributed by atoms with Gasteiger partial charge in [0, 0.05) is 56.4 Å². The minimum atomic E-state index is -0.0735. The lowest BCUT2D eigenvalue weighted by Gasteiger charge is -2.30. The van der Waals surface area contributed by atoms with Crippen molar-refractivity contribution in [2.45, 2.75) is 47.0 Å². The zero-order valence-electron chi connectivity index (χ0n) is 22.6. The van der Waals surface area contributed by atoms with Gasteiger partial charge in [0.05, 0.1) is 28.4 Å². The molecule has 0 aromatic carbocycles. The molecule has 2 aliphatic rings. The molecule has 3 aromatic heterocycles. The quantitative estimate of drug-likeness (QED) is 0.481. The van der Waals surface area contributed by atoms with Crippen molar-refractivity contribution in [3.63, 3.8) is 0 Å². The molecular weight excluding hydrogens is 500 g/mol. The maximum absolute atomic E-state index is 13.2. The Balaban J connectivity index is 0.000000278. The first kappa shape index (κ1) is 27.3. The van der Waals surface area contributed by atoms with Gasteiger partial charge in [-0.25, -0.2) is 4.52 Å². The number of hydrogen-bond donors (Lipinski definition) is 1. The Bertz CT molecular complexity index is 1430. The van der Waals surface area contributed by atoms with E-state index in [4.69, 9.17) is 11.6 Å². The highest BCUT2D eigenvalue weighted by Gasteiger charge is 2.35. The SMILES string of the molecule is CCC(C)=CNC1=C(C)CN(C(=O)C2=NN=C(c3cnn(C)c3)C2CC)CC1.Clc1ccc2ccnn2c1. The molecule has 0 spiro atoms. The molecule has 0 saturated carbocycles. The van der Waals surface area contributed by atoms with Crippen LogP contribution >= 0.6 is 11.6 Å². The van der Waals surface area contributed by atoms with Crippen molar-refractivity contribution in [1.29, 1.82) is 0 Å². The van der Waals surface area contributed by atoms with E-state index in [1.54, 1.807) is 27.8 Å². The fourth-order valence-corrected chi connectivity index (χ4v) is 4.58. The summed E-state index contributed by atoms with van der Waals surface area (Å²) in [6, 6.07) is 5.70. The molecule has 10 heteroatoms. The molecule has 1 unspecified atom stereocenters. The molecule has 0 aliphatic carbocycles. The van der Waals surface area contributed by atoms with Gasteiger partial charge < -0.3 is 10.2 Å². The van der Waals surface area contributed by atoms with Gasteiger partial charge >= 0.3 is 0 Å². The molecule has 1 N–H and O–H groups in total. The van der Waals surface area contributed by atoms with Crippen molar-refractivity contribution < 1.29 is 4.79 Å². The number of amides is 1. The van der Waals surface area contributed by atoms with E-state index in [0.29, 0.717) is 23.8 Å². The first-order valence-electron chi connectivity index (χ1n) is 12.9. The predicted octanol–water partition coefficient (Wildman–Crippen LogP) is 5.00. The molecule has 9 nitrogen and oxygen atoms in total. The predicted molar refractivity (Wildman–Crippen MR) is 152 cm³/mol. The van der Waals surface area contributed by atoms with E-state index >= 15 is 0 Å². The third kappa shape index (κ3) is 6.22. The number of rotatable bonds is 6. The van der Waals surface area contributed by atoms with Crippen molar-refractivity contribution in [1.82, 2.24) is 29.6 Å². The number of pyridine rings is 1. The van der Waals surface area contributed by atoms with Crippen LogP contribution in [0.1, 0.15) is 52.5 Å². The number of hydrogen-bond acceptors (Lipinski definition) is 6. The second kappa shape index (κ2) is 12.2. The van der Waals surface area contributed by atoms with Gasteiger partial charge in [0.2, 0.25) is 0 Å². The van der Waals surface area contributed by atoms with Crippen LogP contribution in [0.3, 0.4) is 0 Å². The van der Waals surface area contributed by atoms with Gasteiger partial charge in [-0.15, -0.1) is 5.10 Å². The maximum atomic E-state index is 13.2. The molecule has 0 radical (unpaired) electrons. The summed E-state index contributed by atoms with van der Waals surface area (Å²) >= 11 is 5.71. The standard InChI is InChI=1S/C21H30N6O.C7H5ClN2/c1-6-14(3)10-22-18-8-9-27(12-15(18)4)21(28)20-17(7-2)19(24-25-20)16-11-23-26(5)13-16;8-6-1-2-7-3-4-9-10(7)5-6/h10-11,13,17,22H,6-9,12H2,1-5H3;1-5H. The Morgan fingerprint density at radius 2 is 2.00 bits per heavy atom. The van der Waals surface area contributed by atoms with Crippen LogP contribution in [0.25, 0.3) is 5.52 Å². The van der Waals surface area contributed by atoms with Crippen molar-refractivity contribution >= 4 is 34.4 Å². The Morgan fingerprint density at radius 3 is 2.68 bits per heavy atom. The molecular formula is C28H35ClN8O. The van der Waals surface area contributed by atoms with Gasteiger partial charge in [-0.2, -0.15) is 15.3 Å². The molecule has 0 saturated heterocycles. The largest absolute Gasteiger partial charge is 0.365 e. The third-order valence-corrected chi connectivity index (χ3v) is 7.05. The fourth-order valence-electron chi connectivity index (χ4n) is 4.42. The average Bonchev–Trinajstić information content (AvgIpc) is 3.66. The van der Waals surface area contributed by atoms with Gasteiger partial charge in [0.15, 0.2) is 0 Å². The highest BCUT2D eigenvalue weighted by molar-refractivity contribution is 6.45. The van der Waals surface area contributed by atoms with Crippen molar-refractivity contribution in [3.05, 3.63) is 76.6 Å². The van der Waals surface area contributed by atoms with Crippen LogP contribution < -0.4 is 5.32 Å². The summed E-state index contributed by atoms with van der Waals surface area (Å²) < 4.78 is 3.48. The molecule has 200 valence electrons. The summed E-state index contributed by atoms with van der Waals surface area (Å²) in [7, 11) is 1.87. The van der Waals surface area contributed by atoms with Gasteiger partial charge in [-0.05, 0) is 56.7 Å². The fraction of sp³-hybridized carbons (Fsp3) is 0.393. The number of aryl methyl sites for hydroxylation is 1. The first-order valence-corrected chi connectivity index (χ1v) is 13.3. The monoisotopic (exact) mass is 534 g/mol. The van der Waals surface area contributed by atoms with Crippen molar-refractivity contribution in [2.75, 3.05) is 13.1 Å². The zero-order valence-corrected chi connectivity index (χ0v) is 23.4. The van der Waals surface area contributed by atoms with Crippen LogP contribution in [0.5, 0.6) is 0 Å². The number of carbonyl (C=O) groups is 1. The minimum Gasteiger partial charge on any atom is -0.365 e. The zero-order chi connectivity index (χ0) is 27.2. The maximum Gasteiger partial charge on any atom is 0.271 e. The number of aromatic nitrogens is 4. The molecule has 0 bridgehead atoms. The molecule has 5 rings (SSSR count). The van der Waals surface area contributed by atoms with Gasteiger partial charge in [-0.3, -0.25) is 9.48 Å². The van der Waals surface area contributed by atoms with E-state index in [1.807, 2.05) is 36.3 Å². The summed E-state index contributed by atoms with van der Waals surface area (Å²) in [5.74, 6) is -0.0798. The van der Waals surface area contributed by atoms with Crippen molar-refractivity contribution in [3.8, 4) is 0 Å². The molecule has 2 aliphatic heterocycles. The second-order valence-corrected chi connectivity index (χ2v) is 10.0. The van der Waals surface area contributed by atoms with Gasteiger partial charge in [0.25, 0.3) is 5.91 Å². The Hall–Kier alpha value is -3.72. The Labute approximate surface area is 228 Å². The third-order valence-electron chi connectivity index (χ3n) is 6.83. The molecule has 1 amide bonds. The van der Waals surface area contributed by atoms with Crippen molar-refractivity contribution in [2.24, 2.45) is 23.2 Å². The molecule has 5 heterocycles. The summed E-state index contributed by atoms with van der Waals surface area (Å²) in [5.41, 5.74) is 7.09. The topological polar surface area (TPSA) is 92.2 Å². The van der Waals surface area contributed by atoms with E-state index in [1.165, 1.54) is 16.8 Å². The summed E-state index contributed by atoms with van der Waals surface area (Å²) in [6.07, 6.45) is 11.9. The molecule has 3 aromatic rings. The van der Waals surface area contributed by atoms with Crippen LogP contribution in [0.4, 0.5) is 0 Å². The smallest absolute Gasteiger partial charge is 0.271 e. The van der Waals surface area contributed by atoms with E-state index in [2.05, 4.69) is 59.6 Å². The average molecular weight is 535 g/mol. The van der Waals surface area contributed by atoms with E-state index < -0.39 is 0 Å². The summed E-state index contributed by atoms with van der Waals surface area (Å²) in [4.78, 5) is 15.1. The highest BCUT2D eigenvalue weighted by atomic mass is 35.5. The normalized spacial score (nSPS) is 17.8. The van der Waals surface area contributed by atoms with E-state index in [0.717, 1.165) is 36.1 Å². The molecule has 38 heavy (non-hydrogen) atoms. The van der Waals surface area contributed by atoms with Crippen LogP contribution in [-0.4, -0.2) is 54.7 Å². The second-order valence-electron chi connectivity index (χ2n) is 9.61. The van der Waals surface area contributed by atoms with E-state index in [-0.39, 0.29) is 11.8 Å². The molecule has 0 fully saturated rings. The Kier molecular flexibility index (Phi) is 8.78. The Morgan fingerprint density at radius 1 is 1.18 bits per heavy atom. The number of fused-ring (bicyclic) bond motifs is 1. The van der Waals surface area contributed by atoms with E-state index in [9.17, 15) is 4.79 Å². The van der Waals surface area contributed by atoms with Crippen LogP contribution in [0, 0.1) is 5.92 Å². The van der Waals surface area contributed by atoms with Crippen LogP contribution in [-0.2, 0) is 11.8 Å². The summed E-state index contributed by atoms with van der Waals surface area (Å²) in [6.45, 7) is 9.72. The number of allylic oxidation sites excluding steroid dienone is 1. The lowest BCUT2D eigenvalue weighted by molar-refractivity contribution is -0.124. The summed E-state index contributed by atoms with van der Waals surface area (Å²) in [5, 5.41) is 21.0. The van der Waals surface area contributed by atoms with Gasteiger partial charge in [0.1, 0.15) is 5.71 Å². The first-order chi connectivity index (χ1) is 18.3. The van der Waals surface area contributed by atoms with Gasteiger partial charge in [-0.1, -0.05) is 31.0 Å². The van der Waals surface area contributed by atoms with Crippen LogP contribution in [0.15, 0.2) is 76.2 Å². The number of nitrogens with zero attached hydrogens (tertiary/aromatic N) is 7. The lowest BCUT2D eigenvalue weighted by Crippen LogP contribution is -2.44. The van der Waals surface area contributed by atoms with Crippen LogP contribution in [0.2, 0.25) is 5.02 Å². The highest BCUT2D eigenvalue weighted by Crippen LogP contribution is 2.24. The number of carbonyl (C=O) groups excluding carboxylic acids is 1. The molecule has 1 atom stereocenters. The number of halogens is 1. The lowest BCUT2D eigenvalue weighted by atomic mass is 9.91.